The quantitative estimate of drug-likeness (QED) is 0.730. The zero-order chi connectivity index (χ0) is 21.1. The predicted octanol–water partition coefficient (Wildman–Crippen LogP) is 3.40. The van der Waals surface area contributed by atoms with Gasteiger partial charge in [-0.25, -0.2) is 17.2 Å². The number of para-hydroxylation sites is 1. The molecule has 0 bridgehead atoms. The van der Waals surface area contributed by atoms with Crippen molar-refractivity contribution in [2.75, 3.05) is 12.4 Å². The van der Waals surface area contributed by atoms with Crippen LogP contribution in [0.2, 0.25) is 0 Å². The smallest absolute Gasteiger partial charge is 0.244 e. The lowest BCUT2D eigenvalue weighted by atomic mass is 10.0. The van der Waals surface area contributed by atoms with Gasteiger partial charge in [0.15, 0.2) is 0 Å². The number of sulfonamides is 1. The van der Waals surface area contributed by atoms with Crippen LogP contribution in [0.3, 0.4) is 0 Å². The summed E-state index contributed by atoms with van der Waals surface area (Å²) in [6.45, 7) is 5.08. The Kier molecular flexibility index (Phi) is 6.73. The van der Waals surface area contributed by atoms with E-state index in [1.54, 1.807) is 6.07 Å². The number of halogens is 2. The van der Waals surface area contributed by atoms with E-state index < -0.39 is 39.3 Å². The van der Waals surface area contributed by atoms with E-state index in [0.29, 0.717) is 0 Å². The van der Waals surface area contributed by atoms with Gasteiger partial charge in [-0.2, -0.15) is 4.72 Å². The topological polar surface area (TPSA) is 84.5 Å². The predicted molar refractivity (Wildman–Crippen MR) is 102 cm³/mol. The first-order chi connectivity index (χ1) is 13.1. The van der Waals surface area contributed by atoms with Crippen LogP contribution in [0.1, 0.15) is 32.3 Å². The highest BCUT2D eigenvalue weighted by Crippen LogP contribution is 2.28. The van der Waals surface area contributed by atoms with E-state index in [1.165, 1.54) is 26.2 Å². The van der Waals surface area contributed by atoms with Gasteiger partial charge in [0.2, 0.25) is 15.9 Å². The third kappa shape index (κ3) is 4.85. The molecule has 0 aliphatic heterocycles. The fourth-order valence-corrected chi connectivity index (χ4v) is 3.87. The number of methoxy groups -OCH3 is 1. The molecule has 0 saturated heterocycles. The Hall–Kier alpha value is -2.52. The summed E-state index contributed by atoms with van der Waals surface area (Å²) in [7, 11) is -2.81. The maximum atomic E-state index is 13.7. The molecule has 2 aromatic rings. The molecule has 0 spiro atoms. The summed E-state index contributed by atoms with van der Waals surface area (Å²) in [6.07, 6.45) is 0. The number of rotatable bonds is 7. The second-order valence-corrected chi connectivity index (χ2v) is 8.18. The molecule has 0 fully saturated rings. The number of anilines is 1. The molecule has 0 heterocycles. The molecular weight excluding hydrogens is 390 g/mol. The summed E-state index contributed by atoms with van der Waals surface area (Å²) < 4.78 is 60.2. The van der Waals surface area contributed by atoms with Crippen LogP contribution < -0.4 is 14.8 Å². The fourth-order valence-electron chi connectivity index (χ4n) is 2.46. The fraction of sp³-hybridized carbons (Fsp3) is 0.316. The summed E-state index contributed by atoms with van der Waals surface area (Å²) >= 11 is 0. The van der Waals surface area contributed by atoms with Crippen molar-refractivity contribution >= 4 is 21.6 Å². The average Bonchev–Trinajstić information content (AvgIpc) is 2.63. The number of hydrogen-bond donors (Lipinski definition) is 2. The lowest BCUT2D eigenvalue weighted by molar-refractivity contribution is -0.117. The highest BCUT2D eigenvalue weighted by molar-refractivity contribution is 7.89. The lowest BCUT2D eigenvalue weighted by Gasteiger charge is -2.17. The number of amides is 1. The molecule has 1 amide bonds. The SMILES string of the molecule is COc1ccc(C(C)C)cc1S(=O)(=O)NC(C)C(=O)Nc1c(F)cccc1F. The first-order valence-electron chi connectivity index (χ1n) is 8.52. The molecule has 6 nitrogen and oxygen atoms in total. The van der Waals surface area contributed by atoms with Gasteiger partial charge in [0, 0.05) is 0 Å². The van der Waals surface area contributed by atoms with Crippen LogP contribution in [0, 0.1) is 11.6 Å². The molecule has 0 radical (unpaired) electrons. The van der Waals surface area contributed by atoms with Crippen molar-refractivity contribution in [3.05, 3.63) is 53.6 Å². The van der Waals surface area contributed by atoms with Gasteiger partial charge in [0.05, 0.1) is 13.2 Å². The molecule has 2 N–H and O–H groups in total. The Morgan fingerprint density at radius 2 is 1.68 bits per heavy atom. The molecule has 2 aromatic carbocycles. The van der Waals surface area contributed by atoms with Crippen LogP contribution >= 0.6 is 0 Å². The third-order valence-electron chi connectivity index (χ3n) is 4.08. The Labute approximate surface area is 163 Å². The summed E-state index contributed by atoms with van der Waals surface area (Å²) in [5.74, 6) is -2.65. The van der Waals surface area contributed by atoms with Gasteiger partial charge in [-0.15, -0.1) is 0 Å². The van der Waals surface area contributed by atoms with Crippen LogP contribution in [0.5, 0.6) is 5.75 Å². The molecule has 0 aliphatic rings. The van der Waals surface area contributed by atoms with Crippen LogP contribution in [0.15, 0.2) is 41.3 Å². The molecule has 28 heavy (non-hydrogen) atoms. The monoisotopic (exact) mass is 412 g/mol. The van der Waals surface area contributed by atoms with E-state index in [-0.39, 0.29) is 16.6 Å². The van der Waals surface area contributed by atoms with Gasteiger partial charge >= 0.3 is 0 Å². The van der Waals surface area contributed by atoms with Gasteiger partial charge in [-0.1, -0.05) is 26.0 Å². The minimum atomic E-state index is -4.14. The minimum Gasteiger partial charge on any atom is -0.495 e. The zero-order valence-electron chi connectivity index (χ0n) is 15.9. The Morgan fingerprint density at radius 1 is 1.07 bits per heavy atom. The molecule has 1 atom stereocenters. The summed E-state index contributed by atoms with van der Waals surface area (Å²) in [5.41, 5.74) is 0.129. The van der Waals surface area contributed by atoms with Gasteiger partial charge in [0.1, 0.15) is 28.0 Å². The first kappa shape index (κ1) is 21.8. The van der Waals surface area contributed by atoms with Gasteiger partial charge in [0.25, 0.3) is 0 Å². The summed E-state index contributed by atoms with van der Waals surface area (Å²) in [5, 5.41) is 2.06. The Morgan fingerprint density at radius 3 is 2.21 bits per heavy atom. The number of carbonyl (C=O) groups excluding carboxylic acids is 1. The molecule has 0 aromatic heterocycles. The van der Waals surface area contributed by atoms with Crippen LogP contribution in [-0.2, 0) is 14.8 Å². The summed E-state index contributed by atoms with van der Waals surface area (Å²) in [6, 6.07) is 6.57. The molecule has 0 aliphatic carbocycles. The molecule has 2 rings (SSSR count). The molecule has 1 unspecified atom stereocenters. The summed E-state index contributed by atoms with van der Waals surface area (Å²) in [4.78, 5) is 12.1. The van der Waals surface area contributed by atoms with Crippen molar-refractivity contribution in [2.45, 2.75) is 37.6 Å². The number of ether oxygens (including phenoxy) is 1. The van der Waals surface area contributed by atoms with Crippen molar-refractivity contribution in [2.24, 2.45) is 0 Å². The van der Waals surface area contributed by atoms with E-state index in [9.17, 15) is 22.0 Å². The maximum absolute atomic E-state index is 13.7. The lowest BCUT2D eigenvalue weighted by Crippen LogP contribution is -2.41. The van der Waals surface area contributed by atoms with Crippen molar-refractivity contribution in [1.82, 2.24) is 4.72 Å². The Balaban J connectivity index is 2.26. The van der Waals surface area contributed by atoms with E-state index in [2.05, 4.69) is 10.0 Å². The molecule has 0 saturated carbocycles. The van der Waals surface area contributed by atoms with E-state index in [4.69, 9.17) is 4.74 Å². The minimum absolute atomic E-state index is 0.0737. The van der Waals surface area contributed by atoms with Crippen LogP contribution in [0.4, 0.5) is 14.5 Å². The second-order valence-electron chi connectivity index (χ2n) is 6.49. The molecule has 152 valence electrons. The Bertz CT molecular complexity index is 958. The average molecular weight is 412 g/mol. The largest absolute Gasteiger partial charge is 0.495 e. The third-order valence-corrected chi connectivity index (χ3v) is 5.64. The molecule has 9 heteroatoms. The first-order valence-corrected chi connectivity index (χ1v) is 10.00. The van der Waals surface area contributed by atoms with E-state index >= 15 is 0 Å². The highest BCUT2D eigenvalue weighted by Gasteiger charge is 2.26. The highest BCUT2D eigenvalue weighted by atomic mass is 32.2. The van der Waals surface area contributed by atoms with E-state index in [1.807, 2.05) is 13.8 Å². The number of carbonyl (C=O) groups is 1. The van der Waals surface area contributed by atoms with Crippen LogP contribution in [0.25, 0.3) is 0 Å². The normalized spacial score (nSPS) is 12.7. The van der Waals surface area contributed by atoms with Crippen molar-refractivity contribution < 1.29 is 26.7 Å². The standard InChI is InChI=1S/C19H22F2N2O4S/c1-11(2)13-8-9-16(27-4)17(10-13)28(25,26)23-12(3)19(24)22-18-14(20)6-5-7-15(18)21/h5-12,23H,1-4H3,(H,22,24). The zero-order valence-corrected chi connectivity index (χ0v) is 16.7. The molecular formula is C19H22F2N2O4S. The van der Waals surface area contributed by atoms with Gasteiger partial charge in [-0.05, 0) is 42.7 Å². The number of hydrogen-bond acceptors (Lipinski definition) is 4. The van der Waals surface area contributed by atoms with Gasteiger partial charge in [-0.3, -0.25) is 4.79 Å². The second kappa shape index (κ2) is 8.66. The van der Waals surface area contributed by atoms with Crippen molar-refractivity contribution in [1.29, 1.82) is 0 Å². The van der Waals surface area contributed by atoms with Crippen LogP contribution in [-0.4, -0.2) is 27.5 Å². The number of nitrogens with one attached hydrogen (secondary N) is 2. The maximum Gasteiger partial charge on any atom is 0.244 e. The van der Waals surface area contributed by atoms with Crippen molar-refractivity contribution in [3.63, 3.8) is 0 Å². The van der Waals surface area contributed by atoms with Gasteiger partial charge < -0.3 is 10.1 Å². The van der Waals surface area contributed by atoms with E-state index in [0.717, 1.165) is 23.8 Å². The number of benzene rings is 2. The van der Waals surface area contributed by atoms with Crippen molar-refractivity contribution in [3.8, 4) is 5.75 Å².